The number of allylic oxidation sites excluding steroid dienone is 1. The fraction of sp³-hybridized carbons (Fsp3) is 0.613. The van der Waals surface area contributed by atoms with Gasteiger partial charge in [0.15, 0.2) is 0 Å². The van der Waals surface area contributed by atoms with Gasteiger partial charge in [-0.25, -0.2) is 4.79 Å². The maximum absolute atomic E-state index is 12.8. The predicted molar refractivity (Wildman–Crippen MR) is 160 cm³/mol. The van der Waals surface area contributed by atoms with Crippen LogP contribution >= 0.6 is 0 Å². The van der Waals surface area contributed by atoms with Crippen molar-refractivity contribution < 1.29 is 19.1 Å². The molecule has 0 bridgehead atoms. The number of nitrogens with one attached hydrogen (secondary N) is 3. The summed E-state index contributed by atoms with van der Waals surface area (Å²) in [5, 5.41) is 5.64. The van der Waals surface area contributed by atoms with Crippen LogP contribution in [0.25, 0.3) is 6.08 Å². The maximum atomic E-state index is 12.8. The van der Waals surface area contributed by atoms with Crippen LogP contribution in [-0.2, 0) is 20.7 Å². The van der Waals surface area contributed by atoms with E-state index in [-0.39, 0.29) is 23.4 Å². The van der Waals surface area contributed by atoms with Gasteiger partial charge >= 0.3 is 6.09 Å². The normalized spacial score (nSPS) is 16.6. The summed E-state index contributed by atoms with van der Waals surface area (Å²) in [4.78, 5) is 52.7. The van der Waals surface area contributed by atoms with E-state index >= 15 is 0 Å². The van der Waals surface area contributed by atoms with Gasteiger partial charge in [0, 0.05) is 24.3 Å². The van der Waals surface area contributed by atoms with E-state index in [2.05, 4.69) is 35.4 Å². The Kier molecular flexibility index (Phi) is 16.8. The molecule has 0 radical (unpaired) electrons. The quantitative estimate of drug-likeness (QED) is 0.257. The van der Waals surface area contributed by atoms with E-state index in [0.29, 0.717) is 26.0 Å². The van der Waals surface area contributed by atoms with Crippen LogP contribution in [0.3, 0.4) is 0 Å². The molecule has 1 aromatic heterocycles. The molecule has 9 nitrogen and oxygen atoms in total. The third-order valence-corrected chi connectivity index (χ3v) is 6.80. The van der Waals surface area contributed by atoms with Crippen molar-refractivity contribution in [3.8, 4) is 12.8 Å². The molecule has 2 aliphatic rings. The predicted octanol–water partition coefficient (Wildman–Crippen LogP) is 4.56. The van der Waals surface area contributed by atoms with E-state index < -0.39 is 18.2 Å². The van der Waals surface area contributed by atoms with E-state index in [1.807, 2.05) is 39.0 Å². The van der Waals surface area contributed by atoms with Crippen molar-refractivity contribution in [2.45, 2.75) is 110 Å². The number of rotatable bonds is 12. The SMILES string of the molecule is C#C.C/C=C\c1c(CC)cc[nH]c1=O.CCCCCCOC(=O)N[C@@H](CC)C(=O)N1CCC[C@H]1C(=O)NC1CC1. The lowest BCUT2D eigenvalue weighted by Gasteiger charge is -2.28. The van der Waals surface area contributed by atoms with Crippen LogP contribution in [0, 0.1) is 12.8 Å². The highest BCUT2D eigenvalue weighted by molar-refractivity contribution is 5.92. The Balaban J connectivity index is 0.000000477. The number of hydrogen-bond donors (Lipinski definition) is 3. The van der Waals surface area contributed by atoms with Crippen LogP contribution < -0.4 is 16.2 Å². The van der Waals surface area contributed by atoms with Gasteiger partial charge in [0.05, 0.1) is 6.61 Å². The second kappa shape index (κ2) is 19.5. The third kappa shape index (κ3) is 11.7. The van der Waals surface area contributed by atoms with Crippen molar-refractivity contribution in [1.82, 2.24) is 20.5 Å². The number of H-pyrrole nitrogens is 1. The van der Waals surface area contributed by atoms with Gasteiger partial charge in [-0.15, -0.1) is 12.8 Å². The molecule has 3 N–H and O–H groups in total. The molecule has 1 aromatic rings. The summed E-state index contributed by atoms with van der Waals surface area (Å²) < 4.78 is 5.17. The van der Waals surface area contributed by atoms with Gasteiger partial charge < -0.3 is 25.3 Å². The number of pyridine rings is 1. The molecule has 0 spiro atoms. The second-order valence-corrected chi connectivity index (χ2v) is 9.87. The molecule has 2 heterocycles. The van der Waals surface area contributed by atoms with Crippen LogP contribution in [0.2, 0.25) is 0 Å². The van der Waals surface area contributed by atoms with Crippen LogP contribution in [-0.4, -0.2) is 59.1 Å². The number of hydrogen-bond acceptors (Lipinski definition) is 5. The van der Waals surface area contributed by atoms with Crippen molar-refractivity contribution in [3.05, 3.63) is 39.8 Å². The molecule has 2 atom stereocenters. The number of nitrogens with zero attached hydrogens (tertiary/aromatic N) is 1. The van der Waals surface area contributed by atoms with Gasteiger partial charge in [0.25, 0.3) is 5.56 Å². The van der Waals surface area contributed by atoms with Crippen LogP contribution in [0.1, 0.15) is 96.6 Å². The number of unbranched alkanes of at least 4 members (excludes halogenated alkanes) is 3. The molecule has 3 amide bonds. The molecule has 222 valence electrons. The molecule has 0 aromatic carbocycles. The lowest BCUT2D eigenvalue weighted by molar-refractivity contribution is -0.140. The third-order valence-electron chi connectivity index (χ3n) is 6.80. The average molecular weight is 557 g/mol. The highest BCUT2D eigenvalue weighted by Gasteiger charge is 2.38. The van der Waals surface area contributed by atoms with Crippen LogP contribution in [0.4, 0.5) is 4.79 Å². The monoisotopic (exact) mass is 556 g/mol. The summed E-state index contributed by atoms with van der Waals surface area (Å²) in [7, 11) is 0. The molecule has 40 heavy (non-hydrogen) atoms. The lowest BCUT2D eigenvalue weighted by Crippen LogP contribution is -2.53. The Labute approximate surface area is 239 Å². The van der Waals surface area contributed by atoms with E-state index in [1.54, 1.807) is 11.1 Å². The number of carbonyl (C=O) groups excluding carboxylic acids is 3. The fourth-order valence-electron chi connectivity index (χ4n) is 4.43. The van der Waals surface area contributed by atoms with Crippen LogP contribution in [0.5, 0.6) is 0 Å². The zero-order valence-electron chi connectivity index (χ0n) is 24.7. The number of carbonyl (C=O) groups is 3. The molecule has 1 saturated carbocycles. The first kappa shape index (κ1) is 34.5. The van der Waals surface area contributed by atoms with Crippen molar-refractivity contribution in [2.24, 2.45) is 0 Å². The average Bonchev–Trinajstić information content (AvgIpc) is 3.64. The summed E-state index contributed by atoms with van der Waals surface area (Å²) >= 11 is 0. The number of aryl methyl sites for hydroxylation is 1. The Morgan fingerprint density at radius 3 is 2.48 bits per heavy atom. The number of terminal acetylenes is 1. The summed E-state index contributed by atoms with van der Waals surface area (Å²) in [6, 6.07) is 1.16. The molecule has 1 aliphatic heterocycles. The summed E-state index contributed by atoms with van der Waals surface area (Å²) in [5.41, 5.74) is 1.87. The smallest absolute Gasteiger partial charge is 0.407 e. The Morgan fingerprint density at radius 1 is 1.15 bits per heavy atom. The molecule has 1 aliphatic carbocycles. The summed E-state index contributed by atoms with van der Waals surface area (Å²) in [5.74, 6) is -0.254. The number of aromatic nitrogens is 1. The summed E-state index contributed by atoms with van der Waals surface area (Å²) in [6.07, 6.45) is 21.9. The van der Waals surface area contributed by atoms with Gasteiger partial charge in [0.1, 0.15) is 12.1 Å². The van der Waals surface area contributed by atoms with Crippen molar-refractivity contribution in [3.63, 3.8) is 0 Å². The number of likely N-dealkylation sites (tertiary alicyclic amines) is 1. The maximum Gasteiger partial charge on any atom is 0.407 e. The van der Waals surface area contributed by atoms with Gasteiger partial charge in [0.2, 0.25) is 11.8 Å². The molecule has 0 unspecified atom stereocenters. The number of aromatic amines is 1. The minimum Gasteiger partial charge on any atom is -0.450 e. The first-order chi connectivity index (χ1) is 19.4. The number of ether oxygens (including phenoxy) is 1. The second-order valence-electron chi connectivity index (χ2n) is 9.87. The largest absolute Gasteiger partial charge is 0.450 e. The first-order valence-corrected chi connectivity index (χ1v) is 14.6. The van der Waals surface area contributed by atoms with E-state index in [1.165, 1.54) is 0 Å². The molecule has 9 heteroatoms. The molecule has 2 fully saturated rings. The molecular weight excluding hydrogens is 508 g/mol. The van der Waals surface area contributed by atoms with Crippen molar-refractivity contribution in [1.29, 1.82) is 0 Å². The van der Waals surface area contributed by atoms with E-state index in [4.69, 9.17) is 4.74 Å². The minimum atomic E-state index is -0.646. The molecule has 1 saturated heterocycles. The van der Waals surface area contributed by atoms with E-state index in [9.17, 15) is 19.2 Å². The van der Waals surface area contributed by atoms with Gasteiger partial charge in [-0.1, -0.05) is 52.2 Å². The van der Waals surface area contributed by atoms with Crippen molar-refractivity contribution in [2.75, 3.05) is 13.2 Å². The molecular formula is C31H48N4O5. The highest BCUT2D eigenvalue weighted by Crippen LogP contribution is 2.23. The standard InChI is InChI=1S/C19H33N3O4.C10H13NO.C2H2/c1-3-5-6-7-13-26-19(25)21-15(4-2)18(24)22-12-8-9-16(22)17(23)20-14-10-11-14;1-3-5-9-8(4-2)6-7-11-10(9)12;1-2/h14-16H,3-13H2,1-2H3,(H,20,23)(H,21,25);3,5-7H,4H2,1-2H3,(H,11,12);1-2H/b;5-3-;/t15-,16-;;/m0../s1. The zero-order valence-corrected chi connectivity index (χ0v) is 24.7. The Hall–Kier alpha value is -3.54. The first-order valence-electron chi connectivity index (χ1n) is 14.6. The zero-order chi connectivity index (χ0) is 29.9. The minimum absolute atomic E-state index is 0.00699. The topological polar surface area (TPSA) is 121 Å². The lowest BCUT2D eigenvalue weighted by atomic mass is 10.1. The van der Waals surface area contributed by atoms with Gasteiger partial charge in [-0.3, -0.25) is 14.4 Å². The highest BCUT2D eigenvalue weighted by atomic mass is 16.5. The fourth-order valence-corrected chi connectivity index (χ4v) is 4.43. The van der Waals surface area contributed by atoms with Crippen LogP contribution in [0.15, 0.2) is 23.1 Å². The van der Waals surface area contributed by atoms with Crippen molar-refractivity contribution >= 4 is 24.0 Å². The Bertz CT molecular complexity index is 1030. The van der Waals surface area contributed by atoms with Gasteiger partial charge in [-0.2, -0.15) is 0 Å². The Morgan fingerprint density at radius 2 is 1.88 bits per heavy atom. The molecule has 3 rings (SSSR count). The van der Waals surface area contributed by atoms with Gasteiger partial charge in [-0.05, 0) is 63.5 Å². The number of amides is 3. The number of alkyl carbamates (subject to hydrolysis) is 1. The van der Waals surface area contributed by atoms with E-state index in [0.717, 1.165) is 62.5 Å². The summed E-state index contributed by atoms with van der Waals surface area (Å²) in [6.45, 7) is 8.85.